The van der Waals surface area contributed by atoms with Gasteiger partial charge in [0.05, 0.1) is 6.20 Å². The molecule has 1 aromatic carbocycles. The maximum absolute atomic E-state index is 13.0. The van der Waals surface area contributed by atoms with Crippen molar-refractivity contribution in [2.24, 2.45) is 0 Å². The molecule has 3 aromatic rings. The van der Waals surface area contributed by atoms with Crippen LogP contribution in [0.15, 0.2) is 35.0 Å². The van der Waals surface area contributed by atoms with Crippen molar-refractivity contribution >= 4 is 5.82 Å². The van der Waals surface area contributed by atoms with Crippen molar-refractivity contribution in [3.8, 4) is 17.5 Å². The first kappa shape index (κ1) is 13.9. The van der Waals surface area contributed by atoms with Crippen LogP contribution < -0.4 is 10.5 Å². The Morgan fingerprint density at radius 1 is 1.27 bits per heavy atom. The molecule has 0 saturated heterocycles. The molecule has 2 N–H and O–H groups in total. The summed E-state index contributed by atoms with van der Waals surface area (Å²) in [5.41, 5.74) is 6.93. The number of halogens is 1. The van der Waals surface area contributed by atoms with E-state index in [0.717, 1.165) is 17.3 Å². The summed E-state index contributed by atoms with van der Waals surface area (Å²) < 4.78 is 23.6. The molecule has 3 rings (SSSR count). The molecule has 0 aliphatic carbocycles. The minimum atomic E-state index is -0.686. The zero-order chi connectivity index (χ0) is 15.5. The summed E-state index contributed by atoms with van der Waals surface area (Å²) in [4.78, 5) is 11.6. The van der Waals surface area contributed by atoms with Crippen molar-refractivity contribution in [2.75, 3.05) is 5.73 Å². The third kappa shape index (κ3) is 2.85. The van der Waals surface area contributed by atoms with E-state index in [-0.39, 0.29) is 18.4 Å². The standard InChI is InChI=1S/C14H12FN5O2/c1-8-18-13(22-20-8)10-5-3-2-4-9(10)7-21-14-17-6-11(15)12(16)19-14/h2-6H,7H2,1H3,(H2,16,17,19). The van der Waals surface area contributed by atoms with Gasteiger partial charge in [0.25, 0.3) is 5.89 Å². The third-order valence-electron chi connectivity index (χ3n) is 2.88. The zero-order valence-corrected chi connectivity index (χ0v) is 11.7. The van der Waals surface area contributed by atoms with Gasteiger partial charge in [0.15, 0.2) is 17.5 Å². The van der Waals surface area contributed by atoms with Gasteiger partial charge in [0.1, 0.15) is 6.61 Å². The second-order valence-corrected chi connectivity index (χ2v) is 4.48. The van der Waals surface area contributed by atoms with Crippen molar-refractivity contribution in [2.45, 2.75) is 13.5 Å². The molecular formula is C14H12FN5O2. The summed E-state index contributed by atoms with van der Waals surface area (Å²) in [5, 5.41) is 3.76. The van der Waals surface area contributed by atoms with Crippen molar-refractivity contribution in [1.29, 1.82) is 0 Å². The number of ether oxygens (including phenoxy) is 1. The van der Waals surface area contributed by atoms with Gasteiger partial charge in [-0.3, -0.25) is 0 Å². The Morgan fingerprint density at radius 2 is 2.09 bits per heavy atom. The zero-order valence-electron chi connectivity index (χ0n) is 11.7. The number of aromatic nitrogens is 4. The van der Waals surface area contributed by atoms with Crippen LogP contribution in [-0.4, -0.2) is 20.1 Å². The Balaban J connectivity index is 1.82. The van der Waals surface area contributed by atoms with E-state index in [1.54, 1.807) is 6.92 Å². The maximum Gasteiger partial charge on any atom is 0.318 e. The molecule has 7 nitrogen and oxygen atoms in total. The summed E-state index contributed by atoms with van der Waals surface area (Å²) in [7, 11) is 0. The molecule has 22 heavy (non-hydrogen) atoms. The largest absolute Gasteiger partial charge is 0.459 e. The number of benzene rings is 1. The smallest absolute Gasteiger partial charge is 0.318 e. The number of hydrogen-bond donors (Lipinski definition) is 1. The van der Waals surface area contributed by atoms with Crippen LogP contribution in [0.3, 0.4) is 0 Å². The van der Waals surface area contributed by atoms with Crippen molar-refractivity contribution < 1.29 is 13.7 Å². The fourth-order valence-electron chi connectivity index (χ4n) is 1.84. The highest BCUT2D eigenvalue weighted by molar-refractivity contribution is 5.58. The fourth-order valence-corrected chi connectivity index (χ4v) is 1.84. The normalized spacial score (nSPS) is 10.6. The van der Waals surface area contributed by atoms with Crippen LogP contribution in [0.25, 0.3) is 11.5 Å². The molecule has 0 bridgehead atoms. The van der Waals surface area contributed by atoms with E-state index < -0.39 is 5.82 Å². The second kappa shape index (κ2) is 5.76. The Hall–Kier alpha value is -3.03. The minimum Gasteiger partial charge on any atom is -0.459 e. The first-order valence-electron chi connectivity index (χ1n) is 6.43. The maximum atomic E-state index is 13.0. The number of nitrogens with two attached hydrogens (primary N) is 1. The van der Waals surface area contributed by atoms with E-state index in [2.05, 4.69) is 20.1 Å². The molecule has 0 radical (unpaired) electrons. The van der Waals surface area contributed by atoms with Gasteiger partial charge in [0.2, 0.25) is 0 Å². The SMILES string of the molecule is Cc1noc(-c2ccccc2COc2ncc(F)c(N)n2)n1. The molecule has 0 fully saturated rings. The molecule has 0 atom stereocenters. The number of rotatable bonds is 4. The Labute approximate surface area is 125 Å². The second-order valence-electron chi connectivity index (χ2n) is 4.48. The molecule has 0 saturated carbocycles. The lowest BCUT2D eigenvalue weighted by atomic mass is 10.1. The average Bonchev–Trinajstić information content (AvgIpc) is 2.95. The first-order valence-corrected chi connectivity index (χ1v) is 6.43. The predicted octanol–water partition coefficient (Wildman–Crippen LogP) is 2.14. The lowest BCUT2D eigenvalue weighted by Gasteiger charge is -2.07. The van der Waals surface area contributed by atoms with Gasteiger partial charge in [-0.05, 0) is 13.0 Å². The lowest BCUT2D eigenvalue weighted by molar-refractivity contribution is 0.280. The summed E-state index contributed by atoms with van der Waals surface area (Å²) in [6.45, 7) is 1.89. The van der Waals surface area contributed by atoms with Gasteiger partial charge in [-0.15, -0.1) is 0 Å². The molecule has 0 aliphatic heterocycles. The molecule has 112 valence electrons. The quantitative estimate of drug-likeness (QED) is 0.787. The fraction of sp³-hybridized carbons (Fsp3) is 0.143. The van der Waals surface area contributed by atoms with Crippen LogP contribution in [0.5, 0.6) is 6.01 Å². The van der Waals surface area contributed by atoms with Crippen molar-refractivity contribution in [3.05, 3.63) is 47.7 Å². The lowest BCUT2D eigenvalue weighted by Crippen LogP contribution is -2.04. The highest BCUT2D eigenvalue weighted by atomic mass is 19.1. The van der Waals surface area contributed by atoms with Crippen molar-refractivity contribution in [1.82, 2.24) is 20.1 Å². The van der Waals surface area contributed by atoms with Crippen LogP contribution in [-0.2, 0) is 6.61 Å². The van der Waals surface area contributed by atoms with Gasteiger partial charge >= 0.3 is 6.01 Å². The van der Waals surface area contributed by atoms with E-state index in [0.29, 0.717) is 11.7 Å². The number of nitrogen functional groups attached to an aromatic ring is 1. The summed E-state index contributed by atoms with van der Waals surface area (Å²) >= 11 is 0. The summed E-state index contributed by atoms with van der Waals surface area (Å²) in [6, 6.07) is 7.39. The summed E-state index contributed by atoms with van der Waals surface area (Å²) in [6.07, 6.45) is 0.963. The van der Waals surface area contributed by atoms with E-state index in [9.17, 15) is 4.39 Å². The number of anilines is 1. The van der Waals surface area contributed by atoms with Crippen LogP contribution in [0.1, 0.15) is 11.4 Å². The van der Waals surface area contributed by atoms with E-state index in [1.807, 2.05) is 24.3 Å². The summed E-state index contributed by atoms with van der Waals surface area (Å²) in [5.74, 6) is -0.00324. The Morgan fingerprint density at radius 3 is 2.82 bits per heavy atom. The topological polar surface area (TPSA) is 100.0 Å². The van der Waals surface area contributed by atoms with Crippen LogP contribution >= 0.6 is 0 Å². The highest BCUT2D eigenvalue weighted by Crippen LogP contribution is 2.23. The molecular weight excluding hydrogens is 289 g/mol. The number of nitrogens with zero attached hydrogens (tertiary/aromatic N) is 4. The Bertz CT molecular complexity index is 805. The van der Waals surface area contributed by atoms with Crippen LogP contribution in [0.2, 0.25) is 0 Å². The van der Waals surface area contributed by atoms with Gasteiger partial charge in [-0.2, -0.15) is 9.97 Å². The van der Waals surface area contributed by atoms with E-state index in [4.69, 9.17) is 15.0 Å². The van der Waals surface area contributed by atoms with E-state index in [1.165, 1.54) is 0 Å². The molecule has 0 amide bonds. The number of hydrogen-bond acceptors (Lipinski definition) is 7. The molecule has 0 aliphatic rings. The van der Waals surface area contributed by atoms with E-state index >= 15 is 0 Å². The Kier molecular flexibility index (Phi) is 3.65. The predicted molar refractivity (Wildman–Crippen MR) is 75.2 cm³/mol. The van der Waals surface area contributed by atoms with Gasteiger partial charge < -0.3 is 15.0 Å². The third-order valence-corrected chi connectivity index (χ3v) is 2.88. The van der Waals surface area contributed by atoms with Gasteiger partial charge in [-0.25, -0.2) is 9.37 Å². The highest BCUT2D eigenvalue weighted by Gasteiger charge is 2.12. The van der Waals surface area contributed by atoms with Crippen molar-refractivity contribution in [3.63, 3.8) is 0 Å². The average molecular weight is 301 g/mol. The number of aryl methyl sites for hydroxylation is 1. The molecule has 2 aromatic heterocycles. The van der Waals surface area contributed by atoms with Crippen LogP contribution in [0.4, 0.5) is 10.2 Å². The molecule has 0 unspecified atom stereocenters. The first-order chi connectivity index (χ1) is 10.6. The monoisotopic (exact) mass is 301 g/mol. The molecule has 2 heterocycles. The van der Waals surface area contributed by atoms with Gasteiger partial charge in [0, 0.05) is 11.1 Å². The molecule has 8 heteroatoms. The van der Waals surface area contributed by atoms with Crippen LogP contribution in [0, 0.1) is 12.7 Å². The van der Waals surface area contributed by atoms with Gasteiger partial charge in [-0.1, -0.05) is 23.4 Å². The minimum absolute atomic E-state index is 0.00425. The molecule has 0 spiro atoms.